The number of cyclic esters (lactones) is 4. The molecule has 0 amide bonds. The maximum Gasteiger partial charge on any atom is 0.508 e. The highest BCUT2D eigenvalue weighted by molar-refractivity contribution is 6.78. The Bertz CT molecular complexity index is 503. The fourth-order valence-electron chi connectivity index (χ4n) is 2.92. The van der Waals surface area contributed by atoms with Crippen LogP contribution in [-0.4, -0.2) is 81.5 Å². The number of carbonyl (C=O) groups is 2. The summed E-state index contributed by atoms with van der Waals surface area (Å²) >= 11 is 0. The van der Waals surface area contributed by atoms with E-state index in [1.807, 2.05) is 0 Å². The van der Waals surface area contributed by atoms with Crippen LogP contribution in [0.1, 0.15) is 12.8 Å². The van der Waals surface area contributed by atoms with Crippen LogP contribution in [-0.2, 0) is 32.5 Å². The second-order valence-electron chi connectivity index (χ2n) is 7.52. The molecule has 2 fully saturated rings. The summed E-state index contributed by atoms with van der Waals surface area (Å²) in [6.45, 7) is 9.22. The van der Waals surface area contributed by atoms with Gasteiger partial charge in [-0.3, -0.25) is 0 Å². The molecule has 1 radical (unpaired) electrons. The van der Waals surface area contributed by atoms with E-state index >= 15 is 0 Å². The SMILES string of the molecule is C[Si](CCCOCC1COC(=O)O1)O[Si](C)(C)CCCOCC1COC(=O)O1. The topological polar surface area (TPSA) is 98.8 Å². The fraction of sp³-hybridized carbons (Fsp3) is 0.882. The van der Waals surface area contributed by atoms with Crippen molar-refractivity contribution in [3.8, 4) is 0 Å². The van der Waals surface area contributed by atoms with Crippen molar-refractivity contribution in [1.29, 1.82) is 0 Å². The second-order valence-corrected chi connectivity index (χ2v) is 14.3. The third kappa shape index (κ3) is 9.37. The number of hydrogen-bond acceptors (Lipinski definition) is 9. The highest BCUT2D eigenvalue weighted by Gasteiger charge is 2.27. The molecule has 0 aromatic rings. The molecule has 2 rings (SSSR count). The average Bonchev–Trinajstić information content (AvgIpc) is 3.22. The lowest BCUT2D eigenvalue weighted by atomic mass is 10.4. The van der Waals surface area contributed by atoms with Gasteiger partial charge in [-0.1, -0.05) is 0 Å². The first-order chi connectivity index (χ1) is 13.3. The van der Waals surface area contributed by atoms with Gasteiger partial charge in [0, 0.05) is 13.2 Å². The van der Waals surface area contributed by atoms with E-state index in [0.29, 0.717) is 26.4 Å². The van der Waals surface area contributed by atoms with Crippen molar-refractivity contribution < 1.29 is 42.1 Å². The summed E-state index contributed by atoms with van der Waals surface area (Å²) in [5.74, 6) is 0. The molecule has 9 nitrogen and oxygen atoms in total. The zero-order valence-corrected chi connectivity index (χ0v) is 18.9. The molecule has 0 spiro atoms. The Balaban J connectivity index is 1.45. The van der Waals surface area contributed by atoms with Crippen LogP contribution in [0.15, 0.2) is 0 Å². The van der Waals surface area contributed by atoms with Gasteiger partial charge in [0.1, 0.15) is 13.2 Å². The molecular formula is C17H31O9Si2. The zero-order chi connectivity index (χ0) is 20.4. The Morgan fingerprint density at radius 2 is 1.50 bits per heavy atom. The van der Waals surface area contributed by atoms with Gasteiger partial charge in [-0.25, -0.2) is 9.59 Å². The van der Waals surface area contributed by atoms with E-state index in [-0.39, 0.29) is 25.4 Å². The summed E-state index contributed by atoms with van der Waals surface area (Å²) in [5.41, 5.74) is 0. The van der Waals surface area contributed by atoms with E-state index in [2.05, 4.69) is 19.6 Å². The molecule has 161 valence electrons. The fourth-order valence-corrected chi connectivity index (χ4v) is 9.15. The molecule has 2 saturated heterocycles. The third-order valence-corrected chi connectivity index (χ3v) is 10.5. The standard InChI is InChI=1S/C17H31O9Si2/c1-27(8-4-6-20-10-14-12-22-16(18)24-14)26-28(2,3)9-5-7-21-11-15-13-23-17(19)25-15/h14-15H,4-13H2,1-3H3. The van der Waals surface area contributed by atoms with Crippen molar-refractivity contribution in [3.05, 3.63) is 0 Å². The number of carbonyl (C=O) groups excluding carboxylic acids is 2. The van der Waals surface area contributed by atoms with Gasteiger partial charge >= 0.3 is 12.3 Å². The Kier molecular flexibility index (Phi) is 9.72. The monoisotopic (exact) mass is 435 g/mol. The first kappa shape index (κ1) is 23.1. The second kappa shape index (κ2) is 11.8. The Labute approximate surface area is 168 Å². The predicted molar refractivity (Wildman–Crippen MR) is 103 cm³/mol. The normalized spacial score (nSPS) is 22.1. The van der Waals surface area contributed by atoms with E-state index in [9.17, 15) is 9.59 Å². The lowest BCUT2D eigenvalue weighted by molar-refractivity contribution is 0.0460. The molecule has 0 aromatic carbocycles. The summed E-state index contributed by atoms with van der Waals surface area (Å²) in [4.78, 5) is 21.6. The van der Waals surface area contributed by atoms with Crippen LogP contribution in [0.2, 0.25) is 31.7 Å². The Morgan fingerprint density at radius 1 is 0.964 bits per heavy atom. The molecule has 2 unspecified atom stereocenters. The smallest absolute Gasteiger partial charge is 0.456 e. The predicted octanol–water partition coefficient (Wildman–Crippen LogP) is 2.71. The number of ether oxygens (including phenoxy) is 6. The number of rotatable bonds is 14. The highest BCUT2D eigenvalue weighted by atomic mass is 28.4. The third-order valence-electron chi connectivity index (χ3n) is 4.24. The molecule has 0 aliphatic carbocycles. The lowest BCUT2D eigenvalue weighted by Crippen LogP contribution is -2.36. The van der Waals surface area contributed by atoms with Crippen molar-refractivity contribution in [1.82, 2.24) is 0 Å². The van der Waals surface area contributed by atoms with Crippen molar-refractivity contribution in [2.45, 2.75) is 56.8 Å². The molecule has 2 aliphatic heterocycles. The van der Waals surface area contributed by atoms with Crippen LogP contribution in [0, 0.1) is 0 Å². The van der Waals surface area contributed by atoms with Gasteiger partial charge in [0.05, 0.1) is 13.2 Å². The van der Waals surface area contributed by atoms with E-state index in [4.69, 9.17) is 32.5 Å². The van der Waals surface area contributed by atoms with Crippen LogP contribution in [0.25, 0.3) is 0 Å². The van der Waals surface area contributed by atoms with E-state index in [0.717, 1.165) is 24.9 Å². The molecule has 28 heavy (non-hydrogen) atoms. The van der Waals surface area contributed by atoms with Crippen molar-refractivity contribution in [3.63, 3.8) is 0 Å². The molecule has 0 bridgehead atoms. The van der Waals surface area contributed by atoms with E-state index in [1.165, 1.54) is 0 Å². The number of hydrogen-bond donors (Lipinski definition) is 0. The van der Waals surface area contributed by atoms with Crippen LogP contribution in [0.4, 0.5) is 9.59 Å². The highest BCUT2D eigenvalue weighted by Crippen LogP contribution is 2.17. The van der Waals surface area contributed by atoms with Crippen LogP contribution in [0.3, 0.4) is 0 Å². The first-order valence-corrected chi connectivity index (χ1v) is 14.9. The lowest BCUT2D eigenvalue weighted by Gasteiger charge is -2.27. The van der Waals surface area contributed by atoms with E-state index < -0.39 is 29.7 Å². The van der Waals surface area contributed by atoms with Gasteiger partial charge in [0.2, 0.25) is 0 Å². The van der Waals surface area contributed by atoms with Crippen LogP contribution < -0.4 is 0 Å². The Hall–Kier alpha value is -1.15. The quantitative estimate of drug-likeness (QED) is 0.232. The molecule has 0 saturated carbocycles. The van der Waals surface area contributed by atoms with Crippen molar-refractivity contribution in [2.24, 2.45) is 0 Å². The molecule has 11 heteroatoms. The van der Waals surface area contributed by atoms with Crippen molar-refractivity contribution in [2.75, 3.05) is 39.6 Å². The molecule has 2 atom stereocenters. The van der Waals surface area contributed by atoms with Crippen molar-refractivity contribution >= 4 is 29.7 Å². The van der Waals surface area contributed by atoms with Gasteiger partial charge in [-0.15, -0.1) is 0 Å². The van der Waals surface area contributed by atoms with Gasteiger partial charge in [0.25, 0.3) is 0 Å². The van der Waals surface area contributed by atoms with Gasteiger partial charge in [-0.2, -0.15) is 0 Å². The van der Waals surface area contributed by atoms with Gasteiger partial charge in [0.15, 0.2) is 29.6 Å². The summed E-state index contributed by atoms with van der Waals surface area (Å²) in [6, 6.07) is 2.05. The Morgan fingerprint density at radius 3 is 2.00 bits per heavy atom. The molecule has 0 N–H and O–H groups in total. The average molecular weight is 436 g/mol. The molecule has 0 aromatic heterocycles. The molecule has 2 heterocycles. The first-order valence-electron chi connectivity index (χ1n) is 9.68. The van der Waals surface area contributed by atoms with Crippen LogP contribution in [0.5, 0.6) is 0 Å². The summed E-state index contributed by atoms with van der Waals surface area (Å²) in [5, 5.41) is 0. The van der Waals surface area contributed by atoms with Gasteiger partial charge in [-0.05, 0) is 44.6 Å². The van der Waals surface area contributed by atoms with E-state index in [1.54, 1.807) is 0 Å². The zero-order valence-electron chi connectivity index (χ0n) is 16.9. The molecule has 2 aliphatic rings. The van der Waals surface area contributed by atoms with Crippen LogP contribution >= 0.6 is 0 Å². The summed E-state index contributed by atoms with van der Waals surface area (Å²) in [7, 11) is -2.57. The minimum absolute atomic E-state index is 0.271. The maximum absolute atomic E-state index is 10.8. The minimum atomic E-state index is -1.72. The summed E-state index contributed by atoms with van der Waals surface area (Å²) in [6.07, 6.45) is 0.0691. The maximum atomic E-state index is 10.8. The molecular weight excluding hydrogens is 404 g/mol. The largest absolute Gasteiger partial charge is 0.508 e. The summed E-state index contributed by atoms with van der Waals surface area (Å²) < 4.78 is 36.7. The minimum Gasteiger partial charge on any atom is -0.456 e. The van der Waals surface area contributed by atoms with Gasteiger partial charge < -0.3 is 32.5 Å².